The van der Waals surface area contributed by atoms with Crippen molar-refractivity contribution in [3.05, 3.63) is 42.2 Å². The van der Waals surface area contributed by atoms with Gasteiger partial charge in [0.2, 0.25) is 5.88 Å². The van der Waals surface area contributed by atoms with Gasteiger partial charge in [-0.2, -0.15) is 0 Å². The second-order valence-electron chi connectivity index (χ2n) is 3.42. The molecular formula is C12H14N4O. The number of nitrogens with zero attached hydrogens (tertiary/aromatic N) is 2. The minimum absolute atomic E-state index is 0.529. The molecule has 5 nitrogen and oxygen atoms in total. The standard InChI is InChI=1S/C12H14N4O/c1-2-10-11(16-13)14-8-15-12(10)17-9-6-4-3-5-7-9/h3-8H,2,13H2,1H3,(H,14,15,16). The molecule has 0 atom stereocenters. The molecule has 0 radical (unpaired) electrons. The summed E-state index contributed by atoms with van der Waals surface area (Å²) in [5.74, 6) is 7.25. The molecule has 0 fully saturated rings. The fourth-order valence-electron chi connectivity index (χ4n) is 1.53. The van der Waals surface area contributed by atoms with Crippen molar-refractivity contribution < 1.29 is 4.74 Å². The SMILES string of the molecule is CCc1c(NN)ncnc1Oc1ccccc1. The van der Waals surface area contributed by atoms with Crippen molar-refractivity contribution in [2.75, 3.05) is 5.43 Å². The van der Waals surface area contributed by atoms with Gasteiger partial charge in [0.15, 0.2) is 0 Å². The monoisotopic (exact) mass is 230 g/mol. The predicted molar refractivity (Wildman–Crippen MR) is 65.7 cm³/mol. The van der Waals surface area contributed by atoms with Crippen LogP contribution in [0.4, 0.5) is 5.82 Å². The molecule has 0 aliphatic carbocycles. The summed E-state index contributed by atoms with van der Waals surface area (Å²) in [6.45, 7) is 2.00. The van der Waals surface area contributed by atoms with Crippen molar-refractivity contribution in [2.45, 2.75) is 13.3 Å². The number of benzene rings is 1. The van der Waals surface area contributed by atoms with Gasteiger partial charge in [-0.3, -0.25) is 0 Å². The molecule has 0 amide bonds. The Morgan fingerprint density at radius 3 is 2.65 bits per heavy atom. The van der Waals surface area contributed by atoms with Crippen LogP contribution in [0.5, 0.6) is 11.6 Å². The predicted octanol–water partition coefficient (Wildman–Crippen LogP) is 2.12. The average molecular weight is 230 g/mol. The first-order valence-corrected chi connectivity index (χ1v) is 5.38. The minimum Gasteiger partial charge on any atom is -0.439 e. The Morgan fingerprint density at radius 2 is 2.00 bits per heavy atom. The Morgan fingerprint density at radius 1 is 1.24 bits per heavy atom. The molecule has 0 unspecified atom stereocenters. The first-order valence-electron chi connectivity index (χ1n) is 5.38. The smallest absolute Gasteiger partial charge is 0.227 e. The minimum atomic E-state index is 0.529. The molecule has 88 valence electrons. The van der Waals surface area contributed by atoms with Gasteiger partial charge >= 0.3 is 0 Å². The fraction of sp³-hybridized carbons (Fsp3) is 0.167. The van der Waals surface area contributed by atoms with Crippen molar-refractivity contribution >= 4 is 5.82 Å². The Balaban J connectivity index is 2.33. The summed E-state index contributed by atoms with van der Waals surface area (Å²) in [6.07, 6.45) is 2.16. The molecule has 5 heteroatoms. The number of hydrogen-bond donors (Lipinski definition) is 2. The average Bonchev–Trinajstić information content (AvgIpc) is 2.39. The van der Waals surface area contributed by atoms with Crippen LogP contribution in [0.15, 0.2) is 36.7 Å². The van der Waals surface area contributed by atoms with Crippen LogP contribution in [0.25, 0.3) is 0 Å². The van der Waals surface area contributed by atoms with Crippen LogP contribution in [-0.4, -0.2) is 9.97 Å². The quantitative estimate of drug-likeness (QED) is 0.621. The third kappa shape index (κ3) is 2.51. The van der Waals surface area contributed by atoms with Gasteiger partial charge in [0.25, 0.3) is 0 Å². The van der Waals surface area contributed by atoms with Crippen LogP contribution in [0, 0.1) is 0 Å². The second-order valence-corrected chi connectivity index (χ2v) is 3.42. The Kier molecular flexibility index (Phi) is 3.52. The fourth-order valence-corrected chi connectivity index (χ4v) is 1.53. The number of rotatable bonds is 4. The molecule has 2 aromatic rings. The Hall–Kier alpha value is -2.14. The van der Waals surface area contributed by atoms with E-state index in [2.05, 4.69) is 15.4 Å². The van der Waals surface area contributed by atoms with Gasteiger partial charge in [-0.05, 0) is 18.6 Å². The number of hydrazine groups is 1. The lowest BCUT2D eigenvalue weighted by Crippen LogP contribution is -2.12. The summed E-state index contributed by atoms with van der Waals surface area (Å²) in [7, 11) is 0. The summed E-state index contributed by atoms with van der Waals surface area (Å²) >= 11 is 0. The number of aromatic nitrogens is 2. The third-order valence-corrected chi connectivity index (χ3v) is 2.35. The molecule has 3 N–H and O–H groups in total. The molecule has 0 aliphatic heterocycles. The van der Waals surface area contributed by atoms with E-state index in [1.165, 1.54) is 6.33 Å². The van der Waals surface area contributed by atoms with E-state index in [0.717, 1.165) is 17.7 Å². The lowest BCUT2D eigenvalue weighted by molar-refractivity contribution is 0.455. The van der Waals surface area contributed by atoms with Gasteiger partial charge in [-0.25, -0.2) is 15.8 Å². The Labute approximate surface area is 99.6 Å². The van der Waals surface area contributed by atoms with Crippen LogP contribution < -0.4 is 16.0 Å². The number of hydrogen-bond acceptors (Lipinski definition) is 5. The van der Waals surface area contributed by atoms with Gasteiger partial charge in [0.1, 0.15) is 17.9 Å². The number of ether oxygens (including phenoxy) is 1. The van der Waals surface area contributed by atoms with E-state index in [0.29, 0.717) is 11.7 Å². The first kappa shape index (κ1) is 11.3. The maximum Gasteiger partial charge on any atom is 0.227 e. The summed E-state index contributed by atoms with van der Waals surface area (Å²) in [4.78, 5) is 8.17. The van der Waals surface area contributed by atoms with Crippen molar-refractivity contribution in [3.63, 3.8) is 0 Å². The molecule has 0 spiro atoms. The number of anilines is 1. The van der Waals surface area contributed by atoms with Gasteiger partial charge in [0.05, 0.1) is 5.56 Å². The molecule has 0 aliphatic rings. The van der Waals surface area contributed by atoms with E-state index in [4.69, 9.17) is 10.6 Å². The lowest BCUT2D eigenvalue weighted by atomic mass is 10.2. The zero-order chi connectivity index (χ0) is 12.1. The zero-order valence-electron chi connectivity index (χ0n) is 9.55. The molecule has 2 rings (SSSR count). The Bertz CT molecular complexity index is 487. The van der Waals surface area contributed by atoms with E-state index in [9.17, 15) is 0 Å². The highest BCUT2D eigenvalue weighted by Crippen LogP contribution is 2.26. The normalized spacial score (nSPS) is 10.0. The van der Waals surface area contributed by atoms with Crippen LogP contribution in [0.1, 0.15) is 12.5 Å². The van der Waals surface area contributed by atoms with E-state index >= 15 is 0 Å². The first-order chi connectivity index (χ1) is 8.35. The van der Waals surface area contributed by atoms with E-state index in [1.54, 1.807) is 0 Å². The largest absolute Gasteiger partial charge is 0.439 e. The summed E-state index contributed by atoms with van der Waals surface area (Å²) in [5.41, 5.74) is 3.40. The molecule has 17 heavy (non-hydrogen) atoms. The lowest BCUT2D eigenvalue weighted by Gasteiger charge is -2.11. The highest BCUT2D eigenvalue weighted by molar-refractivity contribution is 5.48. The molecule has 0 saturated heterocycles. The van der Waals surface area contributed by atoms with Gasteiger partial charge in [-0.1, -0.05) is 25.1 Å². The maximum atomic E-state index is 5.70. The van der Waals surface area contributed by atoms with Gasteiger partial charge < -0.3 is 10.2 Å². The molecule has 0 saturated carbocycles. The zero-order valence-corrected chi connectivity index (χ0v) is 9.55. The maximum absolute atomic E-state index is 5.70. The van der Waals surface area contributed by atoms with Crippen molar-refractivity contribution in [1.29, 1.82) is 0 Å². The van der Waals surface area contributed by atoms with Gasteiger partial charge in [-0.15, -0.1) is 0 Å². The van der Waals surface area contributed by atoms with E-state index < -0.39 is 0 Å². The molecule has 1 aromatic heterocycles. The molecule has 1 aromatic carbocycles. The van der Waals surface area contributed by atoms with Crippen molar-refractivity contribution in [1.82, 2.24) is 9.97 Å². The van der Waals surface area contributed by atoms with Crippen LogP contribution in [0.2, 0.25) is 0 Å². The van der Waals surface area contributed by atoms with E-state index in [1.807, 2.05) is 37.3 Å². The number of nitrogens with two attached hydrogens (primary N) is 1. The highest BCUT2D eigenvalue weighted by Gasteiger charge is 2.10. The van der Waals surface area contributed by atoms with Crippen LogP contribution in [-0.2, 0) is 6.42 Å². The molecule has 1 heterocycles. The third-order valence-electron chi connectivity index (χ3n) is 2.35. The highest BCUT2D eigenvalue weighted by atomic mass is 16.5. The van der Waals surface area contributed by atoms with Crippen molar-refractivity contribution in [2.24, 2.45) is 5.84 Å². The van der Waals surface area contributed by atoms with Crippen LogP contribution >= 0.6 is 0 Å². The number of nitrogens with one attached hydrogen (secondary N) is 1. The summed E-state index contributed by atoms with van der Waals surface area (Å²) in [5, 5.41) is 0. The van der Waals surface area contributed by atoms with Crippen molar-refractivity contribution in [3.8, 4) is 11.6 Å². The molecular weight excluding hydrogens is 216 g/mol. The summed E-state index contributed by atoms with van der Waals surface area (Å²) in [6, 6.07) is 9.49. The second kappa shape index (κ2) is 5.27. The number of para-hydroxylation sites is 1. The molecule has 0 bridgehead atoms. The number of nitrogen functional groups attached to an aromatic ring is 1. The summed E-state index contributed by atoms with van der Waals surface area (Å²) < 4.78 is 5.70. The van der Waals surface area contributed by atoms with E-state index in [-0.39, 0.29) is 0 Å². The topological polar surface area (TPSA) is 73.1 Å². The van der Waals surface area contributed by atoms with Crippen LogP contribution in [0.3, 0.4) is 0 Å². The van der Waals surface area contributed by atoms with Gasteiger partial charge in [0, 0.05) is 0 Å².